The van der Waals surface area contributed by atoms with E-state index in [-0.39, 0.29) is 72.3 Å². The molecule has 13 rings (SSSR count). The molecule has 0 spiro atoms. The molecular formula is C100H132N4O8. The summed E-state index contributed by atoms with van der Waals surface area (Å²) in [6.45, 7) is 40.5. The van der Waals surface area contributed by atoms with Gasteiger partial charge in [0.25, 0.3) is 0 Å². The lowest BCUT2D eigenvalue weighted by Crippen LogP contribution is -2.36. The Bertz CT molecular complexity index is 3820. The van der Waals surface area contributed by atoms with Crippen LogP contribution < -0.4 is 37.9 Å². The number of rotatable bonds is 32. The molecule has 5 aliphatic rings. The minimum Gasteiger partial charge on any atom is -0.490 e. The van der Waals surface area contributed by atoms with Crippen molar-refractivity contribution in [2.24, 2.45) is 0 Å². The van der Waals surface area contributed by atoms with Gasteiger partial charge in [-0.2, -0.15) is 0 Å². The van der Waals surface area contributed by atoms with Gasteiger partial charge in [0.1, 0.15) is 72.9 Å². The lowest BCUT2D eigenvalue weighted by atomic mass is 9.74. The van der Waals surface area contributed by atoms with Crippen LogP contribution in [0, 0.1) is 0 Å². The minimum absolute atomic E-state index is 0.0359. The second kappa shape index (κ2) is 38.0. The maximum Gasteiger partial charge on any atom is 0.142 e. The first kappa shape index (κ1) is 82.0. The lowest BCUT2D eigenvalue weighted by Gasteiger charge is -2.41. The van der Waals surface area contributed by atoms with Gasteiger partial charge in [-0.1, -0.05) is 226 Å². The molecule has 1 aliphatic carbocycles. The zero-order valence-electron chi connectivity index (χ0n) is 70.8. The molecule has 0 aromatic heterocycles. The first-order valence-corrected chi connectivity index (χ1v) is 43.5. The largest absolute Gasteiger partial charge is 0.490 e. The maximum atomic E-state index is 7.78. The molecule has 4 aliphatic heterocycles. The quantitative estimate of drug-likeness (QED) is 0.0376. The third kappa shape index (κ3) is 18.1. The van der Waals surface area contributed by atoms with E-state index in [2.05, 4.69) is 276 Å². The molecule has 8 aromatic rings. The number of benzene rings is 8. The van der Waals surface area contributed by atoms with Crippen LogP contribution in [0.2, 0.25) is 0 Å². The predicted molar refractivity (Wildman–Crippen MR) is 456 cm³/mol. The van der Waals surface area contributed by atoms with Crippen molar-refractivity contribution in [3.8, 4) is 46.0 Å². The number of hydrogen-bond acceptors (Lipinski definition) is 12. The van der Waals surface area contributed by atoms with E-state index in [0.29, 0.717) is 53.1 Å². The summed E-state index contributed by atoms with van der Waals surface area (Å²) in [5, 5.41) is 0. The first-order valence-electron chi connectivity index (χ1n) is 43.5. The monoisotopic (exact) mass is 1520 g/mol. The summed E-state index contributed by atoms with van der Waals surface area (Å²) in [5.74, 6) is 6.54. The maximum absolute atomic E-state index is 7.78. The summed E-state index contributed by atoms with van der Waals surface area (Å²) in [6, 6.07) is 54.6. The highest BCUT2D eigenvalue weighted by Gasteiger charge is 2.44. The van der Waals surface area contributed by atoms with Gasteiger partial charge in [0.05, 0.1) is 46.7 Å². The van der Waals surface area contributed by atoms with Gasteiger partial charge in [-0.15, -0.1) is 0 Å². The molecule has 0 amide bonds. The standard InChI is InChI=1S/C100H132N4O8/c1-17-21-29-49-77-81-53-86(98(110-66(7)8)89-57-101(61-105-93(81)89)69(13)73-41-33-25-34-42-73)79(51-31-23-19-3)83-55-88(100(112-68(11)12)91-59-103(63-107-95(83)91)71(15)75-45-37-27-38-46-75)80(52-32-24-20-4)84-56-87(99(111-67(9)10)92-60-104(64-108-96(84)92)72(16)76-47-39-28-40-48-76)78(50-30-22-18-2)82-54-85(77)97(109-65(5)6)90-58-102(62-106-94(82)90)70(14)74-43-35-26-36-44-74/h25-28,33-48,53-56,65-72,77-80H,17-24,29-32,49-52,57-64H2,1-16H3/t69-,70-,71-,72-,77+,78+,79+,80+/m1/s1. The van der Waals surface area contributed by atoms with Gasteiger partial charge >= 0.3 is 0 Å². The number of unbranched alkanes of at least 4 members (excludes halogenated alkanes) is 8. The molecule has 8 aromatic carbocycles. The molecule has 0 saturated carbocycles. The molecule has 12 heteroatoms. The first-order chi connectivity index (χ1) is 54.4. The normalized spacial score (nSPS) is 19.0. The lowest BCUT2D eigenvalue weighted by molar-refractivity contribution is 0.0567. The van der Waals surface area contributed by atoms with E-state index >= 15 is 0 Å². The highest BCUT2D eigenvalue weighted by Crippen LogP contribution is 2.60. The molecule has 4 heterocycles. The number of nitrogens with zero attached hydrogens (tertiary/aromatic N) is 4. The van der Waals surface area contributed by atoms with Crippen LogP contribution >= 0.6 is 0 Å². The van der Waals surface area contributed by atoms with Crippen molar-refractivity contribution in [3.05, 3.63) is 235 Å². The van der Waals surface area contributed by atoms with Crippen molar-refractivity contribution in [1.82, 2.24) is 19.6 Å². The van der Waals surface area contributed by atoms with Crippen molar-refractivity contribution in [2.75, 3.05) is 26.9 Å². The molecule has 112 heavy (non-hydrogen) atoms. The highest BCUT2D eigenvalue weighted by atomic mass is 16.5. The van der Waals surface area contributed by atoms with E-state index in [0.717, 1.165) is 171 Å². The van der Waals surface area contributed by atoms with Gasteiger partial charge in [0.2, 0.25) is 0 Å². The van der Waals surface area contributed by atoms with Gasteiger partial charge < -0.3 is 37.9 Å². The number of hydrogen-bond donors (Lipinski definition) is 0. The van der Waals surface area contributed by atoms with E-state index in [1.165, 1.54) is 66.8 Å². The molecule has 0 radical (unpaired) electrons. The minimum atomic E-state index is -0.212. The molecule has 0 unspecified atom stereocenters. The molecule has 600 valence electrons. The van der Waals surface area contributed by atoms with Crippen LogP contribution in [-0.2, 0) is 26.2 Å². The van der Waals surface area contributed by atoms with Gasteiger partial charge in [-0.05, 0) is 155 Å². The molecule has 8 atom stereocenters. The van der Waals surface area contributed by atoms with Crippen LogP contribution in [0.5, 0.6) is 46.0 Å². The second-order valence-corrected chi connectivity index (χ2v) is 34.1. The van der Waals surface area contributed by atoms with Crippen LogP contribution in [0.4, 0.5) is 0 Å². The SMILES string of the molecule is CCCCC[C@H]1c2cc(c(OC(C)C)c3c2OCN([C@H](C)c2ccccc2)C3)[C@@H](CCCCC)c2cc(c(OC(C)C)c3c2OCN([C@H](C)c2ccccc2)C3)[C@@H](CCCCC)c2cc(c(OC(C)C)c3c2OCN([C@H](C)c2ccccc2)C3)[C@@H](CCCCC)c2cc1c(OC(C)C)c1c2OCN([C@H](C)c2ccccc2)C1. The summed E-state index contributed by atoms with van der Waals surface area (Å²) in [6.07, 6.45) is 15.3. The van der Waals surface area contributed by atoms with Gasteiger partial charge in [-0.25, -0.2) is 0 Å². The third-order valence-electron chi connectivity index (χ3n) is 24.6. The Morgan fingerprint density at radius 3 is 0.652 bits per heavy atom. The molecule has 0 fully saturated rings. The van der Waals surface area contributed by atoms with Crippen LogP contribution in [0.15, 0.2) is 146 Å². The van der Waals surface area contributed by atoms with E-state index in [9.17, 15) is 0 Å². The summed E-state index contributed by atoms with van der Waals surface area (Å²) in [7, 11) is 0. The van der Waals surface area contributed by atoms with Crippen molar-refractivity contribution >= 4 is 0 Å². The Hall–Kier alpha value is -8.00. The van der Waals surface area contributed by atoms with Crippen molar-refractivity contribution in [1.29, 1.82) is 0 Å². The molecule has 8 bridgehead atoms. The molecule has 0 saturated heterocycles. The third-order valence-corrected chi connectivity index (χ3v) is 24.6. The van der Waals surface area contributed by atoms with E-state index in [1.54, 1.807) is 0 Å². The Morgan fingerprint density at radius 1 is 0.277 bits per heavy atom. The van der Waals surface area contributed by atoms with Gasteiger partial charge in [0, 0.05) is 119 Å². The van der Waals surface area contributed by atoms with Gasteiger partial charge in [0.15, 0.2) is 0 Å². The predicted octanol–water partition coefficient (Wildman–Crippen LogP) is 25.7. The van der Waals surface area contributed by atoms with Crippen LogP contribution in [0.25, 0.3) is 0 Å². The summed E-state index contributed by atoms with van der Waals surface area (Å²) >= 11 is 0. The van der Waals surface area contributed by atoms with E-state index < -0.39 is 0 Å². The second-order valence-electron chi connectivity index (χ2n) is 34.1. The Labute approximate surface area is 673 Å². The Morgan fingerprint density at radius 2 is 0.473 bits per heavy atom. The van der Waals surface area contributed by atoms with Crippen LogP contribution in [-0.4, -0.2) is 70.9 Å². The van der Waals surface area contributed by atoms with E-state index in [4.69, 9.17) is 37.9 Å². The van der Waals surface area contributed by atoms with E-state index in [1.807, 2.05) is 0 Å². The summed E-state index contributed by atoms with van der Waals surface area (Å²) in [5.41, 5.74) is 18.9. The topological polar surface area (TPSA) is 86.8 Å². The Balaban J connectivity index is 1.23. The fourth-order valence-electron chi connectivity index (χ4n) is 18.5. The average Bonchev–Trinajstić information content (AvgIpc) is 0.723. The summed E-state index contributed by atoms with van der Waals surface area (Å²) < 4.78 is 62.1. The van der Waals surface area contributed by atoms with Crippen molar-refractivity contribution < 1.29 is 37.9 Å². The van der Waals surface area contributed by atoms with Gasteiger partial charge in [-0.3, -0.25) is 19.6 Å². The number of ether oxygens (including phenoxy) is 8. The average molecular weight is 1520 g/mol. The zero-order valence-corrected chi connectivity index (χ0v) is 70.8. The smallest absolute Gasteiger partial charge is 0.142 e. The summed E-state index contributed by atoms with van der Waals surface area (Å²) in [4.78, 5) is 10.1. The van der Waals surface area contributed by atoms with Crippen molar-refractivity contribution in [2.45, 2.75) is 312 Å². The fraction of sp³-hybridized carbons (Fsp3) is 0.520. The Kier molecular flexibility index (Phi) is 27.8. The van der Waals surface area contributed by atoms with Crippen LogP contribution in [0.3, 0.4) is 0 Å². The van der Waals surface area contributed by atoms with Crippen molar-refractivity contribution in [3.63, 3.8) is 0 Å². The fourth-order valence-corrected chi connectivity index (χ4v) is 18.5. The zero-order chi connectivity index (χ0) is 78.7. The van der Waals surface area contributed by atoms with Crippen LogP contribution in [0.1, 0.15) is 350 Å². The molecular weight excluding hydrogens is 1390 g/mol. The highest BCUT2D eigenvalue weighted by molar-refractivity contribution is 5.70. The molecule has 0 N–H and O–H groups in total. The number of fused-ring (bicyclic) bond motifs is 16. The molecule has 12 nitrogen and oxygen atoms in total.